The summed E-state index contributed by atoms with van der Waals surface area (Å²) in [4.78, 5) is 4.00. The van der Waals surface area contributed by atoms with E-state index in [2.05, 4.69) is 4.98 Å². The SMILES string of the molecule is CC1CN(S(=O)(=O)c2ccc(N)nc2)CCCO1. The van der Waals surface area contributed by atoms with Crippen molar-refractivity contribution in [1.29, 1.82) is 0 Å². The average molecular weight is 271 g/mol. The largest absolute Gasteiger partial charge is 0.384 e. The summed E-state index contributed by atoms with van der Waals surface area (Å²) in [5.41, 5.74) is 5.46. The highest BCUT2D eigenvalue weighted by atomic mass is 32.2. The third-order valence-electron chi connectivity index (χ3n) is 2.81. The Balaban J connectivity index is 2.26. The van der Waals surface area contributed by atoms with Crippen LogP contribution in [-0.2, 0) is 14.8 Å². The van der Waals surface area contributed by atoms with Crippen molar-refractivity contribution in [3.63, 3.8) is 0 Å². The first-order chi connectivity index (χ1) is 8.50. The number of hydrogen-bond acceptors (Lipinski definition) is 5. The summed E-state index contributed by atoms with van der Waals surface area (Å²) in [5.74, 6) is 0.307. The molecule has 2 N–H and O–H groups in total. The van der Waals surface area contributed by atoms with E-state index >= 15 is 0 Å². The van der Waals surface area contributed by atoms with E-state index in [-0.39, 0.29) is 11.0 Å². The average Bonchev–Trinajstić information content (AvgIpc) is 2.55. The standard InChI is InChI=1S/C11H17N3O3S/c1-9-8-14(5-2-6-17-9)18(15,16)10-3-4-11(12)13-7-10/h3-4,7,9H,2,5-6,8H2,1H3,(H2,12,13). The Labute approximate surface area is 107 Å². The molecule has 0 aromatic carbocycles. The number of rotatable bonds is 2. The number of sulfonamides is 1. The molecule has 1 aliphatic heterocycles. The fraction of sp³-hybridized carbons (Fsp3) is 0.545. The zero-order chi connectivity index (χ0) is 13.2. The van der Waals surface area contributed by atoms with Gasteiger partial charge in [-0.2, -0.15) is 4.31 Å². The highest BCUT2D eigenvalue weighted by Gasteiger charge is 2.27. The van der Waals surface area contributed by atoms with Crippen LogP contribution in [0.1, 0.15) is 13.3 Å². The second kappa shape index (κ2) is 5.21. The number of nitrogen functional groups attached to an aromatic ring is 1. The molecule has 2 rings (SSSR count). The number of ether oxygens (including phenoxy) is 1. The smallest absolute Gasteiger partial charge is 0.244 e. The Bertz CT molecular complexity index is 501. The van der Waals surface area contributed by atoms with Crippen LogP contribution in [0.25, 0.3) is 0 Å². The van der Waals surface area contributed by atoms with Crippen LogP contribution in [-0.4, -0.2) is 43.5 Å². The molecule has 0 saturated carbocycles. The fourth-order valence-electron chi connectivity index (χ4n) is 1.87. The van der Waals surface area contributed by atoms with E-state index in [1.807, 2.05) is 6.92 Å². The predicted octanol–water partition coefficient (Wildman–Crippen LogP) is 0.463. The van der Waals surface area contributed by atoms with E-state index in [1.54, 1.807) is 0 Å². The molecule has 1 unspecified atom stereocenters. The van der Waals surface area contributed by atoms with Crippen molar-refractivity contribution in [3.8, 4) is 0 Å². The lowest BCUT2D eigenvalue weighted by Crippen LogP contribution is -2.36. The van der Waals surface area contributed by atoms with Gasteiger partial charge in [0.25, 0.3) is 0 Å². The lowest BCUT2D eigenvalue weighted by atomic mass is 10.4. The van der Waals surface area contributed by atoms with Gasteiger partial charge in [0.1, 0.15) is 10.7 Å². The first-order valence-corrected chi connectivity index (χ1v) is 7.27. The summed E-state index contributed by atoms with van der Waals surface area (Å²) in [7, 11) is -3.50. The lowest BCUT2D eigenvalue weighted by Gasteiger charge is -2.21. The van der Waals surface area contributed by atoms with Gasteiger partial charge in [-0.1, -0.05) is 0 Å². The number of pyridine rings is 1. The van der Waals surface area contributed by atoms with Gasteiger partial charge in [0, 0.05) is 25.9 Å². The second-order valence-corrected chi connectivity index (χ2v) is 6.25. The van der Waals surface area contributed by atoms with Crippen molar-refractivity contribution >= 4 is 15.8 Å². The number of aromatic nitrogens is 1. The molecule has 7 heteroatoms. The van der Waals surface area contributed by atoms with Gasteiger partial charge in [0.05, 0.1) is 6.10 Å². The highest BCUT2D eigenvalue weighted by molar-refractivity contribution is 7.89. The van der Waals surface area contributed by atoms with E-state index in [0.29, 0.717) is 31.9 Å². The maximum Gasteiger partial charge on any atom is 0.244 e. The van der Waals surface area contributed by atoms with Crippen molar-refractivity contribution in [2.24, 2.45) is 0 Å². The summed E-state index contributed by atoms with van der Waals surface area (Å²) in [5, 5.41) is 0. The number of nitrogens with two attached hydrogens (primary N) is 1. The van der Waals surface area contributed by atoms with Crippen LogP contribution < -0.4 is 5.73 Å². The van der Waals surface area contributed by atoms with E-state index < -0.39 is 10.0 Å². The van der Waals surface area contributed by atoms with Gasteiger partial charge in [-0.05, 0) is 25.5 Å². The molecule has 0 radical (unpaired) electrons. The Hall–Kier alpha value is -1.18. The molecule has 2 heterocycles. The van der Waals surface area contributed by atoms with Gasteiger partial charge < -0.3 is 10.5 Å². The van der Waals surface area contributed by atoms with Crippen LogP contribution in [0.3, 0.4) is 0 Å². The van der Waals surface area contributed by atoms with Crippen molar-refractivity contribution in [1.82, 2.24) is 9.29 Å². The molecule has 1 aliphatic rings. The molecule has 1 fully saturated rings. The molecule has 6 nitrogen and oxygen atoms in total. The van der Waals surface area contributed by atoms with Crippen LogP contribution >= 0.6 is 0 Å². The first kappa shape index (κ1) is 13.3. The summed E-state index contributed by atoms with van der Waals surface area (Å²) in [6.07, 6.45) is 1.90. The van der Waals surface area contributed by atoms with Gasteiger partial charge in [-0.25, -0.2) is 13.4 Å². The van der Waals surface area contributed by atoms with Gasteiger partial charge in [-0.15, -0.1) is 0 Å². The minimum absolute atomic E-state index is 0.0935. The normalized spacial score (nSPS) is 22.6. The molecule has 1 atom stereocenters. The first-order valence-electron chi connectivity index (χ1n) is 5.83. The van der Waals surface area contributed by atoms with Crippen LogP contribution in [0.5, 0.6) is 0 Å². The lowest BCUT2D eigenvalue weighted by molar-refractivity contribution is 0.0752. The minimum atomic E-state index is -3.50. The van der Waals surface area contributed by atoms with Gasteiger partial charge in [-0.3, -0.25) is 0 Å². The summed E-state index contributed by atoms with van der Waals surface area (Å²) in [6, 6.07) is 2.97. The molecule has 0 aliphatic carbocycles. The van der Waals surface area contributed by atoms with Crippen molar-refractivity contribution in [2.45, 2.75) is 24.3 Å². The molecular weight excluding hydrogens is 254 g/mol. The number of nitrogens with zero attached hydrogens (tertiary/aromatic N) is 2. The van der Waals surface area contributed by atoms with E-state index in [0.717, 1.165) is 0 Å². The Morgan fingerprint density at radius 3 is 2.94 bits per heavy atom. The molecule has 1 saturated heterocycles. The summed E-state index contributed by atoms with van der Waals surface area (Å²) < 4.78 is 31.7. The highest BCUT2D eigenvalue weighted by Crippen LogP contribution is 2.18. The Morgan fingerprint density at radius 1 is 1.50 bits per heavy atom. The molecular formula is C11H17N3O3S. The van der Waals surface area contributed by atoms with Crippen LogP contribution in [0, 0.1) is 0 Å². The maximum atomic E-state index is 12.4. The van der Waals surface area contributed by atoms with Gasteiger partial charge in [0.2, 0.25) is 10.0 Å². The Morgan fingerprint density at radius 2 is 2.28 bits per heavy atom. The maximum absolute atomic E-state index is 12.4. The number of anilines is 1. The van der Waals surface area contributed by atoms with E-state index in [4.69, 9.17) is 10.5 Å². The van der Waals surface area contributed by atoms with Crippen molar-refractivity contribution in [2.75, 3.05) is 25.4 Å². The summed E-state index contributed by atoms with van der Waals surface area (Å²) in [6.45, 7) is 3.30. The fourth-order valence-corrected chi connectivity index (χ4v) is 3.37. The topological polar surface area (TPSA) is 85.5 Å². The molecule has 18 heavy (non-hydrogen) atoms. The van der Waals surface area contributed by atoms with Crippen molar-refractivity contribution < 1.29 is 13.2 Å². The monoisotopic (exact) mass is 271 g/mol. The third kappa shape index (κ3) is 2.80. The zero-order valence-electron chi connectivity index (χ0n) is 10.2. The predicted molar refractivity (Wildman–Crippen MR) is 67.4 cm³/mol. The molecule has 100 valence electrons. The quantitative estimate of drug-likeness (QED) is 0.844. The molecule has 0 bridgehead atoms. The van der Waals surface area contributed by atoms with E-state index in [9.17, 15) is 8.42 Å². The second-order valence-electron chi connectivity index (χ2n) is 4.32. The summed E-state index contributed by atoms with van der Waals surface area (Å²) >= 11 is 0. The van der Waals surface area contributed by atoms with Gasteiger partial charge >= 0.3 is 0 Å². The molecule has 1 aromatic heterocycles. The zero-order valence-corrected chi connectivity index (χ0v) is 11.1. The third-order valence-corrected chi connectivity index (χ3v) is 4.66. The van der Waals surface area contributed by atoms with E-state index in [1.165, 1.54) is 22.6 Å². The molecule has 0 amide bonds. The van der Waals surface area contributed by atoms with Gasteiger partial charge in [0.15, 0.2) is 0 Å². The van der Waals surface area contributed by atoms with Crippen molar-refractivity contribution in [3.05, 3.63) is 18.3 Å². The Kier molecular flexibility index (Phi) is 3.84. The molecule has 1 aromatic rings. The minimum Gasteiger partial charge on any atom is -0.384 e. The van der Waals surface area contributed by atoms with Crippen LogP contribution in [0.2, 0.25) is 0 Å². The van der Waals surface area contributed by atoms with Crippen LogP contribution in [0.15, 0.2) is 23.2 Å². The van der Waals surface area contributed by atoms with Crippen LogP contribution in [0.4, 0.5) is 5.82 Å². The number of hydrogen-bond donors (Lipinski definition) is 1. The molecule has 0 spiro atoms.